The maximum Gasteiger partial charge on any atom is 0.242 e. The number of benzene rings is 1. The molecule has 0 radical (unpaired) electrons. The molecule has 0 spiro atoms. The third kappa shape index (κ3) is 3.78. The predicted octanol–water partition coefficient (Wildman–Crippen LogP) is 1.96. The lowest BCUT2D eigenvalue weighted by molar-refractivity contribution is -0.128. The SMILES string of the molecule is CS(=O)(=O)c1ccc2nc(N(C(=O)C3(CN)CCNCC3)c3ncnc4[nH]ccc34)sc2c1. The Kier molecular flexibility index (Phi) is 5.40. The van der Waals surface area contributed by atoms with Crippen molar-refractivity contribution < 1.29 is 13.2 Å². The lowest BCUT2D eigenvalue weighted by atomic mass is 9.77. The van der Waals surface area contributed by atoms with Gasteiger partial charge in [0, 0.05) is 19.0 Å². The number of piperidine rings is 1. The number of carbonyl (C=O) groups is 1. The average Bonchev–Trinajstić information content (AvgIpc) is 3.45. The van der Waals surface area contributed by atoms with Gasteiger partial charge in [-0.15, -0.1) is 0 Å². The molecule has 0 unspecified atom stereocenters. The Hall–Kier alpha value is -2.93. The van der Waals surface area contributed by atoms with Crippen LogP contribution in [-0.2, 0) is 14.6 Å². The van der Waals surface area contributed by atoms with Crippen LogP contribution in [0.5, 0.6) is 0 Å². The van der Waals surface area contributed by atoms with Crippen LogP contribution in [-0.4, -0.2) is 60.2 Å². The summed E-state index contributed by atoms with van der Waals surface area (Å²) in [5, 5.41) is 4.38. The van der Waals surface area contributed by atoms with Gasteiger partial charge in [0.05, 0.1) is 25.9 Å². The highest BCUT2D eigenvalue weighted by atomic mass is 32.2. The highest BCUT2D eigenvalue weighted by Gasteiger charge is 2.43. The smallest absolute Gasteiger partial charge is 0.242 e. The molecule has 10 nitrogen and oxygen atoms in total. The second-order valence-electron chi connectivity index (χ2n) is 8.21. The number of nitrogens with two attached hydrogens (primary N) is 1. The first-order valence-corrected chi connectivity index (χ1v) is 13.2. The van der Waals surface area contributed by atoms with Crippen molar-refractivity contribution in [3.8, 4) is 0 Å². The van der Waals surface area contributed by atoms with Gasteiger partial charge < -0.3 is 16.0 Å². The molecular weight excluding hydrogens is 462 g/mol. The molecule has 4 heterocycles. The van der Waals surface area contributed by atoms with Gasteiger partial charge in [-0.2, -0.15) is 0 Å². The fourth-order valence-electron chi connectivity index (χ4n) is 4.18. The van der Waals surface area contributed by atoms with Crippen LogP contribution in [0.4, 0.5) is 10.9 Å². The summed E-state index contributed by atoms with van der Waals surface area (Å²) < 4.78 is 24.7. The molecular formula is C21H23N7O3S2. The van der Waals surface area contributed by atoms with Crippen LogP contribution in [0.3, 0.4) is 0 Å². The molecule has 1 fully saturated rings. The maximum absolute atomic E-state index is 14.1. The van der Waals surface area contributed by atoms with Crippen LogP contribution in [0, 0.1) is 5.41 Å². The highest BCUT2D eigenvalue weighted by Crippen LogP contribution is 2.40. The number of sulfone groups is 1. The predicted molar refractivity (Wildman–Crippen MR) is 127 cm³/mol. The zero-order valence-electron chi connectivity index (χ0n) is 17.9. The van der Waals surface area contributed by atoms with Crippen molar-refractivity contribution in [2.45, 2.75) is 17.7 Å². The van der Waals surface area contributed by atoms with Crippen molar-refractivity contribution >= 4 is 59.3 Å². The molecule has 1 amide bonds. The Bertz CT molecular complexity index is 1460. The molecule has 33 heavy (non-hydrogen) atoms. The van der Waals surface area contributed by atoms with Crippen molar-refractivity contribution in [2.24, 2.45) is 11.1 Å². The number of amides is 1. The Morgan fingerprint density at radius 3 is 2.76 bits per heavy atom. The molecule has 0 bridgehead atoms. The van der Waals surface area contributed by atoms with Crippen molar-refractivity contribution in [1.82, 2.24) is 25.3 Å². The third-order valence-electron chi connectivity index (χ3n) is 6.12. The summed E-state index contributed by atoms with van der Waals surface area (Å²) in [6, 6.07) is 6.58. The zero-order chi connectivity index (χ0) is 23.2. The molecule has 1 aliphatic rings. The number of thiazole rings is 1. The van der Waals surface area contributed by atoms with Gasteiger partial charge in [0.25, 0.3) is 0 Å². The summed E-state index contributed by atoms with van der Waals surface area (Å²) >= 11 is 1.25. The number of rotatable bonds is 5. The van der Waals surface area contributed by atoms with Gasteiger partial charge in [-0.05, 0) is 50.2 Å². The van der Waals surface area contributed by atoms with E-state index in [-0.39, 0.29) is 17.3 Å². The van der Waals surface area contributed by atoms with Crippen LogP contribution in [0.15, 0.2) is 41.7 Å². The molecule has 1 aromatic carbocycles. The van der Waals surface area contributed by atoms with Crippen molar-refractivity contribution in [1.29, 1.82) is 0 Å². The van der Waals surface area contributed by atoms with Crippen molar-refractivity contribution in [3.05, 3.63) is 36.8 Å². The number of fused-ring (bicyclic) bond motifs is 2. The number of nitrogens with one attached hydrogen (secondary N) is 2. The number of H-pyrrole nitrogens is 1. The van der Waals surface area contributed by atoms with Crippen molar-refractivity contribution in [3.63, 3.8) is 0 Å². The molecule has 0 aliphatic carbocycles. The molecule has 5 rings (SSSR count). The summed E-state index contributed by atoms with van der Waals surface area (Å²) in [7, 11) is -3.38. The number of hydrogen-bond donors (Lipinski definition) is 3. The maximum atomic E-state index is 14.1. The zero-order valence-corrected chi connectivity index (χ0v) is 19.5. The molecule has 1 saturated heterocycles. The molecule has 3 aromatic heterocycles. The van der Waals surface area contributed by atoms with Gasteiger partial charge >= 0.3 is 0 Å². The van der Waals surface area contributed by atoms with Gasteiger partial charge in [0.2, 0.25) is 5.91 Å². The van der Waals surface area contributed by atoms with Crippen molar-refractivity contribution in [2.75, 3.05) is 30.8 Å². The summed E-state index contributed by atoms with van der Waals surface area (Å²) in [6.07, 6.45) is 5.51. The molecule has 4 N–H and O–H groups in total. The largest absolute Gasteiger partial charge is 0.346 e. The average molecular weight is 486 g/mol. The first kappa shape index (κ1) is 21.9. The van der Waals surface area contributed by atoms with Crippen LogP contribution in [0.2, 0.25) is 0 Å². The molecule has 172 valence electrons. The fraction of sp³-hybridized carbons (Fsp3) is 0.333. The summed E-state index contributed by atoms with van der Waals surface area (Å²) in [5.74, 6) is 0.245. The molecule has 0 atom stereocenters. The third-order valence-corrected chi connectivity index (χ3v) is 8.23. The van der Waals surface area contributed by atoms with E-state index in [1.54, 1.807) is 18.3 Å². The minimum absolute atomic E-state index is 0.171. The quantitative estimate of drug-likeness (QED) is 0.389. The fourth-order valence-corrected chi connectivity index (χ4v) is 5.90. The number of carbonyl (C=O) groups excluding carboxylic acids is 1. The normalized spacial score (nSPS) is 16.3. The second kappa shape index (κ2) is 8.13. The van der Waals surface area contributed by atoms with Gasteiger partial charge in [-0.1, -0.05) is 11.3 Å². The summed E-state index contributed by atoms with van der Waals surface area (Å²) in [4.78, 5) is 32.3. The lowest BCUT2D eigenvalue weighted by Gasteiger charge is -2.38. The number of anilines is 2. The Balaban J connectivity index is 1.70. The standard InChI is InChI=1S/C21H23N7O3S2/c1-33(30,31)13-2-3-15-16(10-13)32-20(27-15)28(18-14-4-7-24-17(14)25-12-26-18)19(29)21(11-22)5-8-23-9-6-21/h2-4,7,10,12,23H,5-6,8-9,11,22H2,1H3,(H,24,25,26). The van der Waals surface area contributed by atoms with E-state index in [1.165, 1.54) is 28.6 Å². The Morgan fingerprint density at radius 1 is 1.24 bits per heavy atom. The number of aromatic nitrogens is 4. The molecule has 4 aromatic rings. The van der Waals surface area contributed by atoms with E-state index in [9.17, 15) is 13.2 Å². The van der Waals surface area contributed by atoms with E-state index in [0.717, 1.165) is 6.26 Å². The monoisotopic (exact) mass is 485 g/mol. The van der Waals surface area contributed by atoms with E-state index in [1.807, 2.05) is 6.07 Å². The summed E-state index contributed by atoms with van der Waals surface area (Å²) in [6.45, 7) is 1.59. The van der Waals surface area contributed by atoms with E-state index in [4.69, 9.17) is 5.73 Å². The molecule has 0 saturated carbocycles. The van der Waals surface area contributed by atoms with Crippen LogP contribution in [0.25, 0.3) is 21.3 Å². The van der Waals surface area contributed by atoms with Gasteiger partial charge in [0.15, 0.2) is 20.8 Å². The molecule has 1 aliphatic heterocycles. The lowest BCUT2D eigenvalue weighted by Crippen LogP contribution is -2.52. The summed E-state index contributed by atoms with van der Waals surface area (Å²) in [5.41, 5.74) is 6.62. The first-order valence-electron chi connectivity index (χ1n) is 10.5. The number of hydrogen-bond acceptors (Lipinski definition) is 9. The van der Waals surface area contributed by atoms with E-state index in [2.05, 4.69) is 25.3 Å². The molecule has 12 heteroatoms. The second-order valence-corrected chi connectivity index (χ2v) is 11.2. The number of nitrogens with zero attached hydrogens (tertiary/aromatic N) is 4. The van der Waals surface area contributed by atoms with Crippen LogP contribution < -0.4 is 16.0 Å². The van der Waals surface area contributed by atoms with E-state index in [0.29, 0.717) is 58.1 Å². The van der Waals surface area contributed by atoms with Crippen LogP contribution in [0.1, 0.15) is 12.8 Å². The Morgan fingerprint density at radius 2 is 2.03 bits per heavy atom. The number of aromatic amines is 1. The van der Waals surface area contributed by atoms with E-state index < -0.39 is 15.3 Å². The van der Waals surface area contributed by atoms with E-state index >= 15 is 0 Å². The minimum atomic E-state index is -3.38. The highest BCUT2D eigenvalue weighted by molar-refractivity contribution is 7.90. The first-order chi connectivity index (χ1) is 15.8. The Labute approximate surface area is 194 Å². The van der Waals surface area contributed by atoms with Crippen LogP contribution >= 0.6 is 11.3 Å². The van der Waals surface area contributed by atoms with Gasteiger partial charge in [0.1, 0.15) is 12.0 Å². The van der Waals surface area contributed by atoms with Gasteiger partial charge in [-0.3, -0.25) is 4.79 Å². The van der Waals surface area contributed by atoms with Gasteiger partial charge in [-0.25, -0.2) is 28.3 Å². The minimum Gasteiger partial charge on any atom is -0.346 e. The topological polar surface area (TPSA) is 147 Å².